The van der Waals surface area contributed by atoms with E-state index in [9.17, 15) is 37.7 Å². The third kappa shape index (κ3) is 6.79. The molecule has 3 heterocycles. The summed E-state index contributed by atoms with van der Waals surface area (Å²) in [4.78, 5) is 57.6. The molecule has 2 aliphatic heterocycles. The Kier molecular flexibility index (Phi) is 9.64. The average molecular weight is 765 g/mol. The zero-order chi connectivity index (χ0) is 39.7. The van der Waals surface area contributed by atoms with Gasteiger partial charge in [-0.3, -0.25) is 29.1 Å². The Morgan fingerprint density at radius 2 is 1.85 bits per heavy atom. The molecular weight excluding hydrogens is 720 g/mol. The van der Waals surface area contributed by atoms with Crippen molar-refractivity contribution < 1.29 is 37.0 Å². The molecule has 3 aromatic rings. The van der Waals surface area contributed by atoms with Gasteiger partial charge in [0.25, 0.3) is 11.2 Å². The van der Waals surface area contributed by atoms with E-state index in [1.54, 1.807) is 13.0 Å². The number of anilines is 2. The Hall–Kier alpha value is -4.77. The van der Waals surface area contributed by atoms with Crippen LogP contribution in [0, 0.1) is 27.4 Å². The van der Waals surface area contributed by atoms with Crippen LogP contribution in [0.3, 0.4) is 0 Å². The molecule has 2 amide bonds. The normalized spacial score (nSPS) is 28.0. The first-order valence-electron chi connectivity index (χ1n) is 18.5. The van der Waals surface area contributed by atoms with Crippen LogP contribution in [0.15, 0.2) is 59.5 Å². The van der Waals surface area contributed by atoms with Gasteiger partial charge in [0.15, 0.2) is 0 Å². The monoisotopic (exact) mass is 764 g/mol. The summed E-state index contributed by atoms with van der Waals surface area (Å²) in [6.07, 6.45) is -1.36. The van der Waals surface area contributed by atoms with Crippen LogP contribution < -0.4 is 21.5 Å². The number of nitro benzene ring substituents is 1. The van der Waals surface area contributed by atoms with Crippen molar-refractivity contribution in [2.24, 2.45) is 17.3 Å². The van der Waals surface area contributed by atoms with Gasteiger partial charge in [0, 0.05) is 24.4 Å². The SMILES string of the molecule is CC[C@H](NC(=O)[C@@H]1C[C@@](C)(CC(=O)Nc2ccccc2[N+](=O)[O-])c2ncc(NCc3cccc(C(F)(F)F)c3)c(=O)n21)B1O[C@@H]2C[C@@H]3C[C@@H](C3(C)C)[C@]2(C)O1. The molecule has 292 valence electrons. The molecule has 7 atom stereocenters. The van der Waals surface area contributed by atoms with Gasteiger partial charge in [-0.1, -0.05) is 52.0 Å². The van der Waals surface area contributed by atoms with Gasteiger partial charge in [-0.25, -0.2) is 4.98 Å². The van der Waals surface area contributed by atoms with Crippen molar-refractivity contribution in [1.82, 2.24) is 14.9 Å². The Bertz CT molecular complexity index is 2100. The fraction of sp³-hybridized carbons (Fsp3) is 0.526. The highest BCUT2D eigenvalue weighted by atomic mass is 19.4. The van der Waals surface area contributed by atoms with Crippen LogP contribution in [-0.2, 0) is 37.0 Å². The summed E-state index contributed by atoms with van der Waals surface area (Å²) >= 11 is 0. The number of nitrogens with one attached hydrogen (secondary N) is 3. The highest BCUT2D eigenvalue weighted by Crippen LogP contribution is 2.65. The van der Waals surface area contributed by atoms with E-state index in [0.29, 0.717) is 18.3 Å². The van der Waals surface area contributed by atoms with E-state index in [0.717, 1.165) is 25.0 Å². The Morgan fingerprint density at radius 3 is 2.55 bits per heavy atom. The summed E-state index contributed by atoms with van der Waals surface area (Å²) in [5.74, 6) is -0.714. The van der Waals surface area contributed by atoms with E-state index in [2.05, 4.69) is 41.7 Å². The lowest BCUT2D eigenvalue weighted by atomic mass is 9.43. The molecule has 55 heavy (non-hydrogen) atoms. The van der Waals surface area contributed by atoms with Crippen LogP contribution in [0.5, 0.6) is 0 Å². The number of hydrogen-bond donors (Lipinski definition) is 3. The quantitative estimate of drug-likeness (QED) is 0.118. The van der Waals surface area contributed by atoms with Crippen molar-refractivity contribution in [2.45, 2.75) is 109 Å². The van der Waals surface area contributed by atoms with Crippen LogP contribution >= 0.6 is 0 Å². The minimum absolute atomic E-state index is 0.00889. The van der Waals surface area contributed by atoms with Gasteiger partial charge >= 0.3 is 13.3 Å². The Labute approximate surface area is 316 Å². The Balaban J connectivity index is 1.16. The van der Waals surface area contributed by atoms with Gasteiger partial charge < -0.3 is 25.3 Å². The lowest BCUT2D eigenvalue weighted by Crippen LogP contribution is -2.65. The fourth-order valence-corrected chi connectivity index (χ4v) is 9.35. The van der Waals surface area contributed by atoms with E-state index < -0.39 is 64.2 Å². The molecule has 2 aromatic carbocycles. The molecule has 3 aliphatic carbocycles. The van der Waals surface area contributed by atoms with Crippen LogP contribution in [0.1, 0.15) is 89.7 Å². The zero-order valence-electron chi connectivity index (χ0n) is 31.2. The predicted octanol–water partition coefficient (Wildman–Crippen LogP) is 6.18. The lowest BCUT2D eigenvalue weighted by Gasteiger charge is -2.64. The first-order chi connectivity index (χ1) is 25.9. The summed E-state index contributed by atoms with van der Waals surface area (Å²) in [6.45, 7) is 10.0. The number of benzene rings is 2. The number of nitrogens with zero attached hydrogens (tertiary/aromatic N) is 3. The highest BCUT2D eigenvalue weighted by Gasteiger charge is 2.68. The molecule has 3 saturated carbocycles. The molecule has 13 nitrogen and oxygen atoms in total. The smallest absolute Gasteiger partial charge is 0.404 e. The average Bonchev–Trinajstić information content (AvgIpc) is 3.64. The molecule has 2 bridgehead atoms. The first kappa shape index (κ1) is 38.5. The number of para-hydroxylation sites is 2. The molecule has 17 heteroatoms. The maximum Gasteiger partial charge on any atom is 0.481 e. The molecule has 8 rings (SSSR count). The predicted molar refractivity (Wildman–Crippen MR) is 197 cm³/mol. The number of hydrogen-bond acceptors (Lipinski definition) is 9. The largest absolute Gasteiger partial charge is 0.481 e. The van der Waals surface area contributed by atoms with Crippen molar-refractivity contribution in [1.29, 1.82) is 0 Å². The molecular formula is C38H44BF3N6O7. The summed E-state index contributed by atoms with van der Waals surface area (Å²) in [5.41, 5.74) is -3.17. The summed E-state index contributed by atoms with van der Waals surface area (Å²) in [5, 5.41) is 20.1. The number of carbonyl (C=O) groups excluding carboxylic acids is 2. The molecule has 0 spiro atoms. The van der Waals surface area contributed by atoms with Crippen molar-refractivity contribution in [3.8, 4) is 0 Å². The number of halogens is 3. The van der Waals surface area contributed by atoms with E-state index >= 15 is 0 Å². The molecule has 1 aromatic heterocycles. The maximum absolute atomic E-state index is 14.4. The van der Waals surface area contributed by atoms with Gasteiger partial charge in [-0.05, 0) is 73.6 Å². The van der Waals surface area contributed by atoms with Crippen LogP contribution in [0.2, 0.25) is 0 Å². The van der Waals surface area contributed by atoms with Gasteiger partial charge in [0.2, 0.25) is 11.8 Å². The fourth-order valence-electron chi connectivity index (χ4n) is 9.35. The van der Waals surface area contributed by atoms with Crippen LogP contribution in [-0.4, -0.2) is 51.1 Å². The second-order valence-electron chi connectivity index (χ2n) is 16.4. The summed E-state index contributed by atoms with van der Waals surface area (Å²) in [6, 6.07) is 9.24. The second kappa shape index (κ2) is 13.8. The number of fused-ring (bicyclic) bond motifs is 1. The molecule has 5 aliphatic rings. The van der Waals surface area contributed by atoms with Crippen LogP contribution in [0.25, 0.3) is 0 Å². The number of rotatable bonds is 11. The minimum atomic E-state index is -4.55. The van der Waals surface area contributed by atoms with E-state index in [1.165, 1.54) is 41.1 Å². The zero-order valence-corrected chi connectivity index (χ0v) is 31.2. The summed E-state index contributed by atoms with van der Waals surface area (Å²) < 4.78 is 54.5. The second-order valence-corrected chi connectivity index (χ2v) is 16.4. The van der Waals surface area contributed by atoms with Gasteiger partial charge in [0.1, 0.15) is 23.2 Å². The lowest BCUT2D eigenvalue weighted by molar-refractivity contribution is -0.383. The van der Waals surface area contributed by atoms with E-state index in [1.807, 2.05) is 6.92 Å². The maximum atomic E-state index is 14.4. The molecule has 3 N–H and O–H groups in total. The number of nitro groups is 1. The van der Waals surface area contributed by atoms with E-state index in [4.69, 9.17) is 9.31 Å². The van der Waals surface area contributed by atoms with Crippen molar-refractivity contribution in [2.75, 3.05) is 10.6 Å². The number of alkyl halides is 3. The van der Waals surface area contributed by atoms with Crippen molar-refractivity contribution in [3.63, 3.8) is 0 Å². The standard InChI is InChI=1S/C38H44BF3N6O7/c1-6-30(39-54-29-16-23-15-28(35(23,2)3)37(29,5)55-39)46-32(50)27-17-36(4,18-31(49)45-24-12-7-8-13-26(24)48(52)53)34-44-20-25(33(51)47(27)34)43-19-21-10-9-11-22(14-21)38(40,41)42/h7-14,20,23,27-30,43H,6,15-19H2,1-5H3,(H,45,49)(H,46,50)/t23-,27-,28-,29+,30-,36-,37-/m0/s1. The van der Waals surface area contributed by atoms with Crippen molar-refractivity contribution in [3.05, 3.63) is 92.1 Å². The highest BCUT2D eigenvalue weighted by molar-refractivity contribution is 6.47. The van der Waals surface area contributed by atoms with Crippen molar-refractivity contribution >= 4 is 36.0 Å². The molecule has 1 saturated heterocycles. The minimum Gasteiger partial charge on any atom is -0.404 e. The molecule has 0 radical (unpaired) electrons. The number of carbonyl (C=O) groups is 2. The molecule has 4 fully saturated rings. The third-order valence-corrected chi connectivity index (χ3v) is 12.5. The van der Waals surface area contributed by atoms with Gasteiger partial charge in [0.05, 0.1) is 34.3 Å². The first-order valence-corrected chi connectivity index (χ1v) is 18.5. The van der Waals surface area contributed by atoms with E-state index in [-0.39, 0.29) is 59.4 Å². The van der Waals surface area contributed by atoms with Gasteiger partial charge in [-0.2, -0.15) is 13.2 Å². The van der Waals surface area contributed by atoms with Gasteiger partial charge in [-0.15, -0.1) is 0 Å². The van der Waals surface area contributed by atoms with Crippen LogP contribution in [0.4, 0.5) is 30.2 Å². The summed E-state index contributed by atoms with van der Waals surface area (Å²) in [7, 11) is -0.728. The molecule has 0 unspecified atom stereocenters. The number of amides is 2. The Morgan fingerprint density at radius 1 is 1.11 bits per heavy atom. The topological polar surface area (TPSA) is 167 Å². The number of aromatic nitrogens is 2. The third-order valence-electron chi connectivity index (χ3n) is 12.5.